The van der Waals surface area contributed by atoms with Crippen molar-refractivity contribution in [1.82, 2.24) is 0 Å². The Morgan fingerprint density at radius 1 is 1.05 bits per heavy atom. The topological polar surface area (TPSA) is 38.5 Å². The Morgan fingerprint density at radius 3 is 2.29 bits per heavy atom. The lowest BCUT2D eigenvalue weighted by atomic mass is 10.2. The summed E-state index contributed by atoms with van der Waals surface area (Å²) < 4.78 is 5.78. The first-order chi connectivity index (χ1) is 9.99. The molecule has 0 bridgehead atoms. The average Bonchev–Trinajstić information content (AvgIpc) is 2.40. The Kier molecular flexibility index (Phi) is 4.73. The molecular formula is C18H24N2O. The van der Waals surface area contributed by atoms with Gasteiger partial charge in [-0.05, 0) is 45.9 Å². The number of hydrogen-bond donors (Lipinski definition) is 1. The maximum Gasteiger partial charge on any atom is 0.123 e. The summed E-state index contributed by atoms with van der Waals surface area (Å²) in [5.41, 5.74) is 10.2. The molecule has 0 unspecified atom stereocenters. The number of hydrogen-bond acceptors (Lipinski definition) is 3. The van der Waals surface area contributed by atoms with E-state index in [4.69, 9.17) is 10.5 Å². The number of anilines is 3. The van der Waals surface area contributed by atoms with E-state index in [1.165, 1.54) is 5.56 Å². The highest BCUT2D eigenvalue weighted by molar-refractivity contribution is 5.68. The van der Waals surface area contributed by atoms with Crippen LogP contribution in [0.1, 0.15) is 26.3 Å². The number of rotatable bonds is 5. The smallest absolute Gasteiger partial charge is 0.123 e. The fourth-order valence-corrected chi connectivity index (χ4v) is 2.34. The van der Waals surface area contributed by atoms with Crippen LogP contribution in [-0.2, 0) is 0 Å². The van der Waals surface area contributed by atoms with Gasteiger partial charge in [0.1, 0.15) is 5.75 Å². The van der Waals surface area contributed by atoms with Crippen LogP contribution in [-0.4, -0.2) is 12.6 Å². The number of nitrogen functional groups attached to an aromatic ring is 1. The lowest BCUT2D eigenvalue weighted by Gasteiger charge is -2.25. The first kappa shape index (κ1) is 15.2. The lowest BCUT2D eigenvalue weighted by Crippen LogP contribution is -2.16. The van der Waals surface area contributed by atoms with Gasteiger partial charge in [0.05, 0.1) is 6.10 Å². The van der Waals surface area contributed by atoms with Crippen molar-refractivity contribution in [2.24, 2.45) is 0 Å². The molecule has 2 aromatic carbocycles. The van der Waals surface area contributed by atoms with Crippen LogP contribution in [0.4, 0.5) is 17.1 Å². The highest BCUT2D eigenvalue weighted by Crippen LogP contribution is 2.31. The molecule has 0 aliphatic carbocycles. The highest BCUT2D eigenvalue weighted by Gasteiger charge is 2.10. The molecule has 0 saturated heterocycles. The summed E-state index contributed by atoms with van der Waals surface area (Å²) >= 11 is 0. The maximum absolute atomic E-state index is 6.02. The minimum Gasteiger partial charge on any atom is -0.491 e. The summed E-state index contributed by atoms with van der Waals surface area (Å²) in [5.74, 6) is 0.811. The predicted octanol–water partition coefficient (Wildman–Crippen LogP) is 4.52. The molecule has 0 amide bonds. The van der Waals surface area contributed by atoms with E-state index >= 15 is 0 Å². The molecule has 0 aliphatic heterocycles. The predicted molar refractivity (Wildman–Crippen MR) is 90.5 cm³/mol. The van der Waals surface area contributed by atoms with Gasteiger partial charge in [0.2, 0.25) is 0 Å². The molecule has 3 heteroatoms. The molecule has 21 heavy (non-hydrogen) atoms. The van der Waals surface area contributed by atoms with Gasteiger partial charge in [-0.15, -0.1) is 0 Å². The van der Waals surface area contributed by atoms with Gasteiger partial charge in [-0.1, -0.05) is 17.7 Å². The van der Waals surface area contributed by atoms with E-state index in [1.54, 1.807) is 0 Å². The molecule has 112 valence electrons. The molecule has 0 saturated carbocycles. The third-order valence-corrected chi connectivity index (χ3v) is 3.26. The van der Waals surface area contributed by atoms with E-state index in [1.807, 2.05) is 32.0 Å². The normalized spacial score (nSPS) is 10.7. The molecule has 0 aliphatic rings. The third kappa shape index (κ3) is 3.91. The summed E-state index contributed by atoms with van der Waals surface area (Å²) in [7, 11) is 0. The average molecular weight is 284 g/mol. The second-order valence-corrected chi connectivity index (χ2v) is 5.51. The molecule has 3 nitrogen and oxygen atoms in total. The molecule has 2 aromatic rings. The van der Waals surface area contributed by atoms with Crippen molar-refractivity contribution >= 4 is 17.1 Å². The Bertz CT molecular complexity index is 591. The van der Waals surface area contributed by atoms with E-state index in [2.05, 4.69) is 43.0 Å². The summed E-state index contributed by atoms with van der Waals surface area (Å²) in [5, 5.41) is 0. The van der Waals surface area contributed by atoms with Crippen LogP contribution in [0.3, 0.4) is 0 Å². The monoisotopic (exact) mass is 284 g/mol. The zero-order chi connectivity index (χ0) is 15.4. The molecule has 0 atom stereocenters. The van der Waals surface area contributed by atoms with E-state index < -0.39 is 0 Å². The maximum atomic E-state index is 6.02. The lowest BCUT2D eigenvalue weighted by molar-refractivity contribution is 0.242. The molecule has 0 heterocycles. The quantitative estimate of drug-likeness (QED) is 0.820. The minimum atomic E-state index is 0.133. The van der Waals surface area contributed by atoms with E-state index in [-0.39, 0.29) is 6.10 Å². The number of benzene rings is 2. The zero-order valence-electron chi connectivity index (χ0n) is 13.3. The molecule has 0 radical (unpaired) electrons. The van der Waals surface area contributed by atoms with Crippen molar-refractivity contribution in [3.05, 3.63) is 48.0 Å². The van der Waals surface area contributed by atoms with Gasteiger partial charge in [-0.3, -0.25) is 0 Å². The molecular weight excluding hydrogens is 260 g/mol. The molecule has 2 N–H and O–H groups in total. The van der Waals surface area contributed by atoms with Crippen molar-refractivity contribution in [3.8, 4) is 5.75 Å². The van der Waals surface area contributed by atoms with Gasteiger partial charge in [0.15, 0.2) is 0 Å². The van der Waals surface area contributed by atoms with Gasteiger partial charge in [0, 0.05) is 35.7 Å². The number of nitrogens with zero attached hydrogens (tertiary/aromatic N) is 1. The van der Waals surface area contributed by atoms with Crippen molar-refractivity contribution in [1.29, 1.82) is 0 Å². The van der Waals surface area contributed by atoms with Crippen molar-refractivity contribution in [2.45, 2.75) is 33.8 Å². The first-order valence-electron chi connectivity index (χ1n) is 7.41. The number of ether oxygens (including phenoxy) is 1. The molecule has 0 aromatic heterocycles. The standard InChI is InChI=1S/C18H24N2O/c1-5-20(16-8-6-14(4)7-9-16)17-10-15(19)11-18(12-17)21-13(2)3/h6-13H,5,19H2,1-4H3. The van der Waals surface area contributed by atoms with E-state index in [0.29, 0.717) is 5.69 Å². The summed E-state index contributed by atoms with van der Waals surface area (Å²) in [4.78, 5) is 2.23. The van der Waals surface area contributed by atoms with Crippen LogP contribution in [0.5, 0.6) is 5.75 Å². The van der Waals surface area contributed by atoms with Crippen LogP contribution < -0.4 is 15.4 Å². The zero-order valence-corrected chi connectivity index (χ0v) is 13.3. The van der Waals surface area contributed by atoms with Crippen LogP contribution >= 0.6 is 0 Å². The number of aryl methyl sites for hydroxylation is 1. The SMILES string of the molecule is CCN(c1ccc(C)cc1)c1cc(N)cc(OC(C)C)c1. The summed E-state index contributed by atoms with van der Waals surface area (Å²) in [6, 6.07) is 14.4. The Hall–Kier alpha value is -2.16. The molecule has 2 rings (SSSR count). The first-order valence-corrected chi connectivity index (χ1v) is 7.41. The Balaban J connectivity index is 2.37. The number of nitrogens with two attached hydrogens (primary N) is 1. The van der Waals surface area contributed by atoms with Crippen LogP contribution in [0, 0.1) is 6.92 Å². The Labute approximate surface area is 127 Å². The summed E-state index contributed by atoms with van der Waals surface area (Å²) in [6.07, 6.45) is 0.133. The Morgan fingerprint density at radius 2 is 1.71 bits per heavy atom. The van der Waals surface area contributed by atoms with Crippen molar-refractivity contribution < 1.29 is 4.74 Å². The van der Waals surface area contributed by atoms with Crippen LogP contribution in [0.15, 0.2) is 42.5 Å². The third-order valence-electron chi connectivity index (χ3n) is 3.26. The van der Waals surface area contributed by atoms with Crippen molar-refractivity contribution in [3.63, 3.8) is 0 Å². The largest absolute Gasteiger partial charge is 0.491 e. The van der Waals surface area contributed by atoms with Gasteiger partial charge in [-0.25, -0.2) is 0 Å². The van der Waals surface area contributed by atoms with Gasteiger partial charge in [-0.2, -0.15) is 0 Å². The molecule has 0 fully saturated rings. The fourth-order valence-electron chi connectivity index (χ4n) is 2.34. The summed E-state index contributed by atoms with van der Waals surface area (Å²) in [6.45, 7) is 9.12. The van der Waals surface area contributed by atoms with Gasteiger partial charge < -0.3 is 15.4 Å². The second kappa shape index (κ2) is 6.53. The van der Waals surface area contributed by atoms with E-state index in [0.717, 1.165) is 23.7 Å². The van der Waals surface area contributed by atoms with Gasteiger partial charge >= 0.3 is 0 Å². The fraction of sp³-hybridized carbons (Fsp3) is 0.333. The highest BCUT2D eigenvalue weighted by atomic mass is 16.5. The van der Waals surface area contributed by atoms with Crippen molar-refractivity contribution in [2.75, 3.05) is 17.2 Å². The van der Waals surface area contributed by atoms with Gasteiger partial charge in [0.25, 0.3) is 0 Å². The van der Waals surface area contributed by atoms with Crippen LogP contribution in [0.25, 0.3) is 0 Å². The minimum absolute atomic E-state index is 0.133. The van der Waals surface area contributed by atoms with Crippen LogP contribution in [0.2, 0.25) is 0 Å². The second-order valence-electron chi connectivity index (χ2n) is 5.51. The van der Waals surface area contributed by atoms with E-state index in [9.17, 15) is 0 Å². The molecule has 0 spiro atoms.